The molecule has 0 bridgehead atoms. The fourth-order valence-corrected chi connectivity index (χ4v) is 4.91. The maximum atomic E-state index is 12.8. The number of fused-ring (bicyclic) bond motifs is 2. The van der Waals surface area contributed by atoms with Gasteiger partial charge in [-0.3, -0.25) is 20.2 Å². The summed E-state index contributed by atoms with van der Waals surface area (Å²) in [7, 11) is 0. The van der Waals surface area contributed by atoms with Gasteiger partial charge in [-0.25, -0.2) is 9.59 Å². The number of rotatable bonds is 10. The zero-order chi connectivity index (χ0) is 29.6. The van der Waals surface area contributed by atoms with Gasteiger partial charge < -0.3 is 30.8 Å². The van der Waals surface area contributed by atoms with Crippen LogP contribution in [0.25, 0.3) is 21.8 Å². The predicted octanol–water partition coefficient (Wildman–Crippen LogP) is 4.28. The van der Waals surface area contributed by atoms with E-state index in [1.54, 1.807) is 36.7 Å². The van der Waals surface area contributed by atoms with Crippen molar-refractivity contribution in [2.45, 2.75) is 24.9 Å². The summed E-state index contributed by atoms with van der Waals surface area (Å²) < 4.78 is 0. The number of hydrogen-bond donors (Lipinski definition) is 8. The van der Waals surface area contributed by atoms with E-state index in [9.17, 15) is 19.2 Å². The number of para-hydroxylation sites is 2. The number of carbonyl (C=O) groups is 4. The number of amides is 4. The molecule has 4 amide bonds. The third-order valence-corrected chi connectivity index (χ3v) is 6.86. The summed E-state index contributed by atoms with van der Waals surface area (Å²) in [5, 5.41) is 30.1. The molecule has 0 saturated carbocycles. The van der Waals surface area contributed by atoms with Gasteiger partial charge in [-0.1, -0.05) is 36.4 Å². The lowest BCUT2D eigenvalue weighted by atomic mass is 10.0. The number of carbonyl (C=O) groups excluding carboxylic acids is 2. The second kappa shape index (κ2) is 12.2. The topological polar surface area (TPSA) is 188 Å². The van der Waals surface area contributed by atoms with Crippen LogP contribution in [0.15, 0.2) is 85.2 Å². The van der Waals surface area contributed by atoms with E-state index in [1.165, 1.54) is 0 Å². The van der Waals surface area contributed by atoms with Gasteiger partial charge in [0.1, 0.15) is 12.1 Å². The molecule has 0 aliphatic heterocycles. The molecule has 2 aromatic heterocycles. The van der Waals surface area contributed by atoms with Crippen LogP contribution in [0.2, 0.25) is 0 Å². The largest absolute Gasteiger partial charge is 0.465 e. The molecule has 0 fully saturated rings. The fraction of sp³-hybridized carbons (Fsp3) is 0.133. The van der Waals surface area contributed by atoms with E-state index < -0.39 is 36.1 Å². The smallest absolute Gasteiger partial charge is 0.411 e. The molecule has 0 radical (unpaired) electrons. The lowest BCUT2D eigenvalue weighted by Crippen LogP contribution is -2.43. The Morgan fingerprint density at radius 3 is 1.36 bits per heavy atom. The normalized spacial score (nSPS) is 12.4. The maximum absolute atomic E-state index is 12.8. The van der Waals surface area contributed by atoms with Crippen molar-refractivity contribution in [3.63, 3.8) is 0 Å². The molecule has 5 rings (SSSR count). The molecule has 0 saturated heterocycles. The minimum Gasteiger partial charge on any atom is -0.465 e. The maximum Gasteiger partial charge on any atom is 0.411 e. The summed E-state index contributed by atoms with van der Waals surface area (Å²) in [6.45, 7) is 0. The third kappa shape index (κ3) is 6.50. The molecule has 0 aliphatic rings. The van der Waals surface area contributed by atoms with Crippen LogP contribution in [0.3, 0.4) is 0 Å². The molecule has 42 heavy (non-hydrogen) atoms. The molecule has 12 nitrogen and oxygen atoms in total. The summed E-state index contributed by atoms with van der Waals surface area (Å²) in [6, 6.07) is 20.1. The molecular formula is C30H28N6O6. The SMILES string of the molecule is O=C(O)NC(=O)C(Cc1c[nH]c2ccccc12)Nc1ccc(NC(Cc2c[nH]c3ccccc23)C(=O)NC(=O)O)cc1. The Hall–Kier alpha value is -5.78. The first-order chi connectivity index (χ1) is 20.3. The van der Waals surface area contributed by atoms with Gasteiger partial charge in [0.2, 0.25) is 0 Å². The molecule has 0 aliphatic carbocycles. The monoisotopic (exact) mass is 568 g/mol. The number of nitrogens with one attached hydrogen (secondary N) is 6. The van der Waals surface area contributed by atoms with Crippen LogP contribution in [-0.4, -0.2) is 56.3 Å². The molecule has 2 atom stereocenters. The molecule has 0 spiro atoms. The van der Waals surface area contributed by atoms with Crippen molar-refractivity contribution in [1.29, 1.82) is 0 Å². The molecule has 214 valence electrons. The van der Waals surface area contributed by atoms with Crippen LogP contribution in [0.1, 0.15) is 11.1 Å². The second-order valence-electron chi connectivity index (χ2n) is 9.69. The third-order valence-electron chi connectivity index (χ3n) is 6.86. The number of aromatic amines is 2. The van der Waals surface area contributed by atoms with Crippen molar-refractivity contribution in [2.24, 2.45) is 0 Å². The number of imide groups is 2. The molecule has 5 aromatic rings. The van der Waals surface area contributed by atoms with Gasteiger partial charge in [0.05, 0.1) is 0 Å². The van der Waals surface area contributed by atoms with Crippen LogP contribution in [0.4, 0.5) is 21.0 Å². The van der Waals surface area contributed by atoms with E-state index in [0.29, 0.717) is 11.4 Å². The van der Waals surface area contributed by atoms with Gasteiger partial charge >= 0.3 is 12.2 Å². The van der Waals surface area contributed by atoms with Crippen molar-refractivity contribution in [1.82, 2.24) is 20.6 Å². The Bertz CT molecular complexity index is 1630. The Morgan fingerprint density at radius 1 is 0.595 bits per heavy atom. The highest BCUT2D eigenvalue weighted by molar-refractivity contribution is 5.97. The molecule has 3 aromatic carbocycles. The summed E-state index contributed by atoms with van der Waals surface area (Å²) >= 11 is 0. The quantitative estimate of drug-likeness (QED) is 0.122. The molecular weight excluding hydrogens is 540 g/mol. The predicted molar refractivity (Wildman–Crippen MR) is 158 cm³/mol. The second-order valence-corrected chi connectivity index (χ2v) is 9.69. The van der Waals surface area contributed by atoms with Crippen molar-refractivity contribution in [3.8, 4) is 0 Å². The van der Waals surface area contributed by atoms with E-state index in [-0.39, 0.29) is 12.8 Å². The fourth-order valence-electron chi connectivity index (χ4n) is 4.91. The summed E-state index contributed by atoms with van der Waals surface area (Å²) in [4.78, 5) is 54.2. The first kappa shape index (κ1) is 27.8. The number of carboxylic acid groups (broad SMARTS) is 2. The van der Waals surface area contributed by atoms with Gasteiger partial charge in [-0.15, -0.1) is 0 Å². The van der Waals surface area contributed by atoms with Gasteiger partial charge in [0.25, 0.3) is 11.8 Å². The zero-order valence-electron chi connectivity index (χ0n) is 22.2. The number of H-pyrrole nitrogens is 2. The first-order valence-corrected chi connectivity index (χ1v) is 13.1. The average Bonchev–Trinajstić information content (AvgIpc) is 3.56. The van der Waals surface area contributed by atoms with Crippen LogP contribution in [0, 0.1) is 0 Å². The molecule has 2 heterocycles. The van der Waals surface area contributed by atoms with E-state index in [0.717, 1.165) is 32.9 Å². The Kier molecular flexibility index (Phi) is 8.05. The highest BCUT2D eigenvalue weighted by Gasteiger charge is 2.24. The average molecular weight is 569 g/mol. The lowest BCUT2D eigenvalue weighted by Gasteiger charge is -2.20. The molecule has 8 N–H and O–H groups in total. The zero-order valence-corrected chi connectivity index (χ0v) is 22.2. The Balaban J connectivity index is 1.33. The van der Waals surface area contributed by atoms with Gasteiger partial charge in [-0.05, 0) is 47.5 Å². The summed E-state index contributed by atoms with van der Waals surface area (Å²) in [5.41, 5.74) is 4.55. The van der Waals surface area contributed by atoms with Crippen LogP contribution >= 0.6 is 0 Å². The van der Waals surface area contributed by atoms with Crippen molar-refractivity contribution < 1.29 is 29.4 Å². The van der Waals surface area contributed by atoms with Crippen molar-refractivity contribution in [2.75, 3.05) is 10.6 Å². The van der Waals surface area contributed by atoms with Crippen molar-refractivity contribution in [3.05, 3.63) is 96.3 Å². The molecule has 2 unspecified atom stereocenters. The summed E-state index contributed by atoms with van der Waals surface area (Å²) in [6.07, 6.45) is 1.10. The van der Waals surface area contributed by atoms with Crippen LogP contribution in [0.5, 0.6) is 0 Å². The van der Waals surface area contributed by atoms with Gasteiger partial charge in [0, 0.05) is 58.4 Å². The minimum absolute atomic E-state index is 0.213. The Morgan fingerprint density at radius 2 is 0.976 bits per heavy atom. The minimum atomic E-state index is -1.45. The highest BCUT2D eigenvalue weighted by Crippen LogP contribution is 2.23. The number of anilines is 2. The first-order valence-electron chi connectivity index (χ1n) is 13.1. The number of aromatic nitrogens is 2. The highest BCUT2D eigenvalue weighted by atomic mass is 16.4. The number of benzene rings is 3. The molecule has 12 heteroatoms. The van der Waals surface area contributed by atoms with E-state index >= 15 is 0 Å². The van der Waals surface area contributed by atoms with Gasteiger partial charge in [-0.2, -0.15) is 0 Å². The van der Waals surface area contributed by atoms with E-state index in [1.807, 2.05) is 59.2 Å². The number of hydrogen-bond acceptors (Lipinski definition) is 6. The lowest BCUT2D eigenvalue weighted by molar-refractivity contribution is -0.121. The summed E-state index contributed by atoms with van der Waals surface area (Å²) in [5.74, 6) is -1.42. The van der Waals surface area contributed by atoms with Crippen molar-refractivity contribution >= 4 is 57.2 Å². The van der Waals surface area contributed by atoms with Crippen LogP contribution in [-0.2, 0) is 22.4 Å². The van der Waals surface area contributed by atoms with E-state index in [2.05, 4.69) is 20.6 Å². The van der Waals surface area contributed by atoms with Crippen LogP contribution < -0.4 is 21.3 Å². The van der Waals surface area contributed by atoms with E-state index in [4.69, 9.17) is 10.2 Å². The standard InChI is InChI=1S/C30H28N6O6/c37-27(35-29(39)40)25(13-17-15-31-23-7-3-1-5-21(17)23)33-19-9-11-20(12-10-19)34-26(28(38)36-30(41)42)14-18-16-32-24-8-4-2-6-22(18)24/h1-12,15-16,25-26,31-34H,13-14H2,(H,35,37)(H,36,38)(H,39,40)(H,41,42). The Labute approximate surface area is 239 Å². The van der Waals surface area contributed by atoms with Gasteiger partial charge in [0.15, 0.2) is 0 Å².